The van der Waals surface area contributed by atoms with Crippen LogP contribution in [0.1, 0.15) is 0 Å². The lowest BCUT2D eigenvalue weighted by atomic mass is 10.4. The molecule has 1 aromatic carbocycles. The van der Waals surface area contributed by atoms with E-state index < -0.39 is 10.0 Å². The van der Waals surface area contributed by atoms with Crippen molar-refractivity contribution in [2.45, 2.75) is 11.6 Å². The van der Waals surface area contributed by atoms with Gasteiger partial charge in [-0.1, -0.05) is 22.0 Å². The molecule has 3 rings (SSSR count). The average molecular weight is 432 g/mol. The van der Waals surface area contributed by atoms with Gasteiger partial charge in [-0.2, -0.15) is 9.40 Å². The van der Waals surface area contributed by atoms with Crippen molar-refractivity contribution >= 4 is 38.2 Å². The Morgan fingerprint density at radius 3 is 2.54 bits per heavy atom. The number of rotatable bonds is 4. The van der Waals surface area contributed by atoms with Crippen LogP contribution in [-0.4, -0.2) is 58.1 Å². The largest absolute Gasteiger partial charge is 0.310 e. The summed E-state index contributed by atoms with van der Waals surface area (Å²) in [5.74, 6) is 0. The van der Waals surface area contributed by atoms with Crippen LogP contribution in [0.25, 0.3) is 0 Å². The fourth-order valence-electron chi connectivity index (χ4n) is 2.59. The van der Waals surface area contributed by atoms with Crippen LogP contribution in [0.2, 0.25) is 0 Å². The van der Waals surface area contributed by atoms with Crippen LogP contribution in [0, 0.1) is 4.77 Å². The number of hydrogen-bond donors (Lipinski definition) is 0. The zero-order valence-corrected chi connectivity index (χ0v) is 16.4. The van der Waals surface area contributed by atoms with E-state index in [0.717, 1.165) is 4.47 Å². The molecule has 1 fully saturated rings. The molecule has 1 aromatic heterocycles. The highest BCUT2D eigenvalue weighted by Crippen LogP contribution is 2.21. The van der Waals surface area contributed by atoms with Crippen LogP contribution >= 0.6 is 28.1 Å². The first-order valence-corrected chi connectivity index (χ1v) is 10.1. The highest BCUT2D eigenvalue weighted by molar-refractivity contribution is 9.10. The summed E-state index contributed by atoms with van der Waals surface area (Å²) in [6.07, 6.45) is 1.68. The SMILES string of the molecule is Cn1cnn(CN2CCN(S(=O)(=O)c3cccc(Br)c3)CC2)c1=S. The summed E-state index contributed by atoms with van der Waals surface area (Å²) in [5.41, 5.74) is 0. The summed E-state index contributed by atoms with van der Waals surface area (Å²) in [6, 6.07) is 6.80. The van der Waals surface area contributed by atoms with Gasteiger partial charge in [0.2, 0.25) is 10.0 Å². The molecule has 24 heavy (non-hydrogen) atoms. The zero-order valence-electron chi connectivity index (χ0n) is 13.2. The normalized spacial score (nSPS) is 17.2. The summed E-state index contributed by atoms with van der Waals surface area (Å²) in [4.78, 5) is 2.47. The Labute approximate surface area is 154 Å². The third-order valence-corrected chi connectivity index (χ3v) is 6.87. The monoisotopic (exact) mass is 431 g/mol. The second kappa shape index (κ2) is 7.04. The van der Waals surface area contributed by atoms with Gasteiger partial charge in [-0.3, -0.25) is 4.90 Å². The third kappa shape index (κ3) is 3.62. The first kappa shape index (κ1) is 17.7. The molecule has 2 heterocycles. The van der Waals surface area contributed by atoms with Crippen LogP contribution in [0.3, 0.4) is 0 Å². The minimum Gasteiger partial charge on any atom is -0.310 e. The molecule has 130 valence electrons. The van der Waals surface area contributed by atoms with Crippen molar-refractivity contribution in [3.63, 3.8) is 0 Å². The number of nitrogens with zero attached hydrogens (tertiary/aromatic N) is 5. The predicted octanol–water partition coefficient (Wildman–Crippen LogP) is 1.68. The maximum Gasteiger partial charge on any atom is 0.243 e. The highest BCUT2D eigenvalue weighted by Gasteiger charge is 2.28. The number of benzene rings is 1. The number of aryl methyl sites for hydroxylation is 1. The Bertz CT molecular complexity index is 885. The molecule has 10 heteroatoms. The molecule has 0 bridgehead atoms. The van der Waals surface area contributed by atoms with E-state index in [1.165, 1.54) is 4.31 Å². The van der Waals surface area contributed by atoms with E-state index in [-0.39, 0.29) is 0 Å². The van der Waals surface area contributed by atoms with Gasteiger partial charge in [0, 0.05) is 37.7 Å². The van der Waals surface area contributed by atoms with Gasteiger partial charge < -0.3 is 4.57 Å². The van der Waals surface area contributed by atoms with Gasteiger partial charge >= 0.3 is 0 Å². The molecule has 0 saturated carbocycles. The lowest BCUT2D eigenvalue weighted by Gasteiger charge is -2.33. The molecule has 0 unspecified atom stereocenters. The molecule has 0 atom stereocenters. The maximum atomic E-state index is 12.7. The summed E-state index contributed by atoms with van der Waals surface area (Å²) in [5, 5.41) is 4.23. The van der Waals surface area contributed by atoms with Gasteiger partial charge in [-0.05, 0) is 30.4 Å². The van der Waals surface area contributed by atoms with Crippen LogP contribution in [0.15, 0.2) is 40.0 Å². The Morgan fingerprint density at radius 1 is 1.25 bits per heavy atom. The number of sulfonamides is 1. The van der Waals surface area contributed by atoms with E-state index in [1.54, 1.807) is 33.8 Å². The highest BCUT2D eigenvalue weighted by atomic mass is 79.9. The number of aromatic nitrogens is 3. The molecular formula is C14H18BrN5O2S2. The van der Waals surface area contributed by atoms with Gasteiger partial charge in [-0.15, -0.1) is 0 Å². The van der Waals surface area contributed by atoms with Crippen molar-refractivity contribution in [3.8, 4) is 0 Å². The number of hydrogen-bond acceptors (Lipinski definition) is 5. The summed E-state index contributed by atoms with van der Waals surface area (Å²) >= 11 is 8.60. The second-order valence-corrected chi connectivity index (χ2v) is 8.86. The van der Waals surface area contributed by atoms with Crippen LogP contribution < -0.4 is 0 Å². The summed E-state index contributed by atoms with van der Waals surface area (Å²) in [6.45, 7) is 2.77. The number of halogens is 1. The fraction of sp³-hybridized carbons (Fsp3) is 0.429. The predicted molar refractivity (Wildman–Crippen MR) is 96.5 cm³/mol. The Balaban J connectivity index is 1.66. The van der Waals surface area contributed by atoms with Gasteiger partial charge in [0.25, 0.3) is 0 Å². The van der Waals surface area contributed by atoms with Crippen LogP contribution in [0.5, 0.6) is 0 Å². The van der Waals surface area contributed by atoms with Crippen LogP contribution in [0.4, 0.5) is 0 Å². The van der Waals surface area contributed by atoms with Crippen molar-refractivity contribution in [1.82, 2.24) is 23.6 Å². The molecule has 0 amide bonds. The lowest BCUT2D eigenvalue weighted by Crippen LogP contribution is -2.48. The molecule has 0 N–H and O–H groups in total. The lowest BCUT2D eigenvalue weighted by molar-refractivity contribution is 0.144. The molecule has 1 saturated heterocycles. The Morgan fingerprint density at radius 2 is 1.96 bits per heavy atom. The standard InChI is InChI=1S/C14H18BrN5O2S2/c1-17-10-16-20(14(17)23)11-18-5-7-19(8-6-18)24(21,22)13-4-2-3-12(15)9-13/h2-4,9-10H,5-8,11H2,1H3. The Kier molecular flexibility index (Phi) is 5.21. The van der Waals surface area contributed by atoms with Crippen molar-refractivity contribution in [2.24, 2.45) is 7.05 Å². The number of piperazine rings is 1. The Hall–Kier alpha value is -1.07. The third-order valence-electron chi connectivity index (χ3n) is 3.99. The minimum absolute atomic E-state index is 0.317. The summed E-state index contributed by atoms with van der Waals surface area (Å²) in [7, 11) is -1.60. The molecule has 0 aliphatic carbocycles. The van der Waals surface area contributed by atoms with E-state index >= 15 is 0 Å². The van der Waals surface area contributed by atoms with Gasteiger partial charge in [-0.25, -0.2) is 13.1 Å². The van der Waals surface area contributed by atoms with E-state index in [2.05, 4.69) is 25.9 Å². The zero-order chi connectivity index (χ0) is 17.3. The molecule has 7 nitrogen and oxygen atoms in total. The smallest absolute Gasteiger partial charge is 0.243 e. The first-order valence-electron chi connectivity index (χ1n) is 7.44. The minimum atomic E-state index is -3.46. The van der Waals surface area contributed by atoms with Crippen molar-refractivity contribution in [2.75, 3.05) is 26.2 Å². The van der Waals surface area contributed by atoms with E-state index in [4.69, 9.17) is 12.2 Å². The van der Waals surface area contributed by atoms with Gasteiger partial charge in [0.1, 0.15) is 6.33 Å². The fourth-order valence-corrected chi connectivity index (χ4v) is 4.77. The molecule has 0 spiro atoms. The molecule has 2 aromatic rings. The van der Waals surface area contributed by atoms with Gasteiger partial charge in [0.05, 0.1) is 11.6 Å². The average Bonchev–Trinajstić information content (AvgIpc) is 2.87. The molecule has 0 radical (unpaired) electrons. The van der Waals surface area contributed by atoms with Crippen molar-refractivity contribution < 1.29 is 8.42 Å². The van der Waals surface area contributed by atoms with Gasteiger partial charge in [0.15, 0.2) is 4.77 Å². The maximum absolute atomic E-state index is 12.7. The van der Waals surface area contributed by atoms with Crippen LogP contribution in [-0.2, 0) is 23.7 Å². The van der Waals surface area contributed by atoms with E-state index in [0.29, 0.717) is 42.5 Å². The molecule has 1 aliphatic heterocycles. The topological polar surface area (TPSA) is 63.4 Å². The van der Waals surface area contributed by atoms with E-state index in [1.807, 2.05) is 13.1 Å². The molecular weight excluding hydrogens is 414 g/mol. The summed E-state index contributed by atoms with van der Waals surface area (Å²) < 4.78 is 31.9. The quantitative estimate of drug-likeness (QED) is 0.688. The second-order valence-electron chi connectivity index (χ2n) is 5.64. The van der Waals surface area contributed by atoms with E-state index in [9.17, 15) is 8.42 Å². The first-order chi connectivity index (χ1) is 11.4. The molecule has 1 aliphatic rings. The van der Waals surface area contributed by atoms with Crippen molar-refractivity contribution in [1.29, 1.82) is 0 Å². The van der Waals surface area contributed by atoms with Crippen molar-refractivity contribution in [3.05, 3.63) is 39.8 Å².